The van der Waals surface area contributed by atoms with E-state index >= 15 is 0 Å². The predicted molar refractivity (Wildman–Crippen MR) is 90.4 cm³/mol. The highest BCUT2D eigenvalue weighted by atomic mass is 32.1. The van der Waals surface area contributed by atoms with E-state index in [4.69, 9.17) is 5.11 Å². The second-order valence-electron chi connectivity index (χ2n) is 5.16. The van der Waals surface area contributed by atoms with Gasteiger partial charge in [-0.25, -0.2) is 9.78 Å². The molecule has 0 radical (unpaired) electrons. The minimum atomic E-state index is -1.20. The van der Waals surface area contributed by atoms with Crippen molar-refractivity contribution in [1.82, 2.24) is 14.8 Å². The molecule has 2 N–H and O–H groups in total. The number of benzene rings is 1. The maximum Gasteiger partial charge on any atom is 0.358 e. The number of carbonyl (C=O) groups is 2. The maximum atomic E-state index is 12.4. The van der Waals surface area contributed by atoms with Crippen LogP contribution in [0.15, 0.2) is 35.8 Å². The van der Waals surface area contributed by atoms with Crippen LogP contribution in [0.25, 0.3) is 11.3 Å². The Morgan fingerprint density at radius 2 is 2.12 bits per heavy atom. The van der Waals surface area contributed by atoms with Crippen LogP contribution in [-0.4, -0.2) is 31.7 Å². The van der Waals surface area contributed by atoms with E-state index < -0.39 is 11.9 Å². The van der Waals surface area contributed by atoms with E-state index in [9.17, 15) is 9.59 Å². The first kappa shape index (κ1) is 15.9. The highest BCUT2D eigenvalue weighted by Gasteiger charge is 2.18. The molecule has 3 rings (SSSR count). The number of hydrogen-bond acceptors (Lipinski definition) is 5. The molecular formula is C16H14N4O3S. The number of thiazole rings is 1. The number of aromatic carboxylic acids is 1. The van der Waals surface area contributed by atoms with Gasteiger partial charge in [0.15, 0.2) is 5.69 Å². The monoisotopic (exact) mass is 342 g/mol. The van der Waals surface area contributed by atoms with Gasteiger partial charge in [-0.15, -0.1) is 11.3 Å². The molecule has 0 unspecified atom stereocenters. The number of rotatable bonds is 4. The van der Waals surface area contributed by atoms with Crippen LogP contribution in [-0.2, 0) is 7.05 Å². The molecular weight excluding hydrogens is 328 g/mol. The van der Waals surface area contributed by atoms with E-state index in [-0.39, 0.29) is 11.4 Å². The molecule has 1 amide bonds. The van der Waals surface area contributed by atoms with Gasteiger partial charge in [-0.1, -0.05) is 12.1 Å². The zero-order chi connectivity index (χ0) is 17.3. The van der Waals surface area contributed by atoms with Gasteiger partial charge in [0.2, 0.25) is 0 Å². The van der Waals surface area contributed by atoms with E-state index in [2.05, 4.69) is 15.4 Å². The lowest BCUT2D eigenvalue weighted by molar-refractivity contribution is 0.0690. The summed E-state index contributed by atoms with van der Waals surface area (Å²) in [6, 6.07) is 7.02. The Morgan fingerprint density at radius 3 is 2.79 bits per heavy atom. The number of amides is 1. The fraction of sp³-hybridized carbons (Fsp3) is 0.125. The molecule has 24 heavy (non-hydrogen) atoms. The molecule has 0 spiro atoms. The SMILES string of the molecule is Cc1nc(-c2cccc(C(=O)Nc3cn(C)nc3C(=O)O)c2)cs1. The minimum Gasteiger partial charge on any atom is -0.476 e. The average molecular weight is 342 g/mol. The van der Waals surface area contributed by atoms with Crippen molar-refractivity contribution in [2.24, 2.45) is 7.05 Å². The van der Waals surface area contributed by atoms with Crippen molar-refractivity contribution in [3.8, 4) is 11.3 Å². The Morgan fingerprint density at radius 1 is 1.33 bits per heavy atom. The molecule has 1 aromatic carbocycles. The average Bonchev–Trinajstić information content (AvgIpc) is 3.13. The molecule has 0 saturated heterocycles. The van der Waals surface area contributed by atoms with Gasteiger partial charge in [0.05, 0.1) is 16.4 Å². The predicted octanol–water partition coefficient (Wildman–Crippen LogP) is 2.80. The molecule has 7 nitrogen and oxygen atoms in total. The zero-order valence-corrected chi connectivity index (χ0v) is 13.8. The smallest absolute Gasteiger partial charge is 0.358 e. The standard InChI is InChI=1S/C16H14N4O3S/c1-9-17-13(8-24-9)10-4-3-5-11(6-10)15(21)18-12-7-20(2)19-14(12)16(22)23/h3-8H,1-2H3,(H,18,21)(H,22,23). The molecule has 8 heteroatoms. The second-order valence-corrected chi connectivity index (χ2v) is 6.22. The van der Waals surface area contributed by atoms with Gasteiger partial charge in [-0.2, -0.15) is 5.10 Å². The summed E-state index contributed by atoms with van der Waals surface area (Å²) >= 11 is 1.54. The number of nitrogens with zero attached hydrogens (tertiary/aromatic N) is 3. The molecule has 0 saturated carbocycles. The Labute approximate surface area is 141 Å². The van der Waals surface area contributed by atoms with Crippen molar-refractivity contribution in [3.05, 3.63) is 52.1 Å². The number of aromatic nitrogens is 3. The van der Waals surface area contributed by atoms with E-state index in [0.717, 1.165) is 16.3 Å². The molecule has 3 aromatic rings. The summed E-state index contributed by atoms with van der Waals surface area (Å²) in [6.45, 7) is 1.92. The Balaban J connectivity index is 1.87. The first-order chi connectivity index (χ1) is 11.4. The van der Waals surface area contributed by atoms with Gasteiger partial charge in [0.25, 0.3) is 5.91 Å². The number of carboxylic acids is 1. The number of carboxylic acid groups (broad SMARTS) is 1. The van der Waals surface area contributed by atoms with E-state index in [0.29, 0.717) is 5.56 Å². The third-order valence-electron chi connectivity index (χ3n) is 3.32. The van der Waals surface area contributed by atoms with Gasteiger partial charge in [-0.05, 0) is 19.1 Å². The summed E-state index contributed by atoms with van der Waals surface area (Å²) in [5.41, 5.74) is 2.01. The number of aryl methyl sites for hydroxylation is 2. The molecule has 0 aliphatic carbocycles. The van der Waals surface area contributed by atoms with Crippen molar-refractivity contribution in [2.45, 2.75) is 6.92 Å². The van der Waals surface area contributed by atoms with Crippen molar-refractivity contribution in [2.75, 3.05) is 5.32 Å². The van der Waals surface area contributed by atoms with Crippen LogP contribution in [0.2, 0.25) is 0 Å². The van der Waals surface area contributed by atoms with E-state index in [1.165, 1.54) is 22.2 Å². The molecule has 0 atom stereocenters. The van der Waals surface area contributed by atoms with Gasteiger partial charge < -0.3 is 10.4 Å². The first-order valence-corrected chi connectivity index (χ1v) is 7.93. The summed E-state index contributed by atoms with van der Waals surface area (Å²) < 4.78 is 1.34. The van der Waals surface area contributed by atoms with Crippen LogP contribution < -0.4 is 5.32 Å². The largest absolute Gasteiger partial charge is 0.476 e. The van der Waals surface area contributed by atoms with E-state index in [1.54, 1.807) is 25.2 Å². The van der Waals surface area contributed by atoms with Crippen LogP contribution in [0.3, 0.4) is 0 Å². The lowest BCUT2D eigenvalue weighted by Gasteiger charge is -2.05. The maximum absolute atomic E-state index is 12.4. The highest BCUT2D eigenvalue weighted by molar-refractivity contribution is 7.09. The van der Waals surface area contributed by atoms with Gasteiger partial charge in [0, 0.05) is 29.8 Å². The normalized spacial score (nSPS) is 10.6. The molecule has 0 bridgehead atoms. The molecule has 0 aliphatic heterocycles. The number of hydrogen-bond donors (Lipinski definition) is 2. The van der Waals surface area contributed by atoms with Crippen molar-refractivity contribution < 1.29 is 14.7 Å². The number of nitrogens with one attached hydrogen (secondary N) is 1. The lowest BCUT2D eigenvalue weighted by atomic mass is 10.1. The fourth-order valence-corrected chi connectivity index (χ4v) is 2.87. The quantitative estimate of drug-likeness (QED) is 0.760. The van der Waals surface area contributed by atoms with Crippen LogP contribution >= 0.6 is 11.3 Å². The zero-order valence-electron chi connectivity index (χ0n) is 13.0. The summed E-state index contributed by atoms with van der Waals surface area (Å²) in [5.74, 6) is -1.60. The Bertz CT molecular complexity index is 929. The number of anilines is 1. The second kappa shape index (κ2) is 6.25. The summed E-state index contributed by atoms with van der Waals surface area (Å²) in [5, 5.41) is 18.4. The van der Waals surface area contributed by atoms with Crippen LogP contribution in [0, 0.1) is 6.92 Å². The summed E-state index contributed by atoms with van der Waals surface area (Å²) in [6.07, 6.45) is 1.45. The van der Waals surface area contributed by atoms with E-state index in [1.807, 2.05) is 18.4 Å². The van der Waals surface area contributed by atoms with Gasteiger partial charge >= 0.3 is 5.97 Å². The van der Waals surface area contributed by atoms with Gasteiger partial charge in [-0.3, -0.25) is 9.48 Å². The van der Waals surface area contributed by atoms with Crippen molar-refractivity contribution >= 4 is 28.9 Å². The third-order valence-corrected chi connectivity index (χ3v) is 4.09. The third kappa shape index (κ3) is 3.18. The van der Waals surface area contributed by atoms with Crippen LogP contribution in [0.1, 0.15) is 25.9 Å². The summed E-state index contributed by atoms with van der Waals surface area (Å²) in [7, 11) is 1.59. The molecule has 122 valence electrons. The van der Waals surface area contributed by atoms with Crippen molar-refractivity contribution in [1.29, 1.82) is 0 Å². The lowest BCUT2D eigenvalue weighted by Crippen LogP contribution is -2.14. The summed E-state index contributed by atoms with van der Waals surface area (Å²) in [4.78, 5) is 28.0. The number of carbonyl (C=O) groups excluding carboxylic acids is 1. The Kier molecular flexibility index (Phi) is 4.13. The molecule has 2 heterocycles. The topological polar surface area (TPSA) is 97.1 Å². The molecule has 0 aliphatic rings. The van der Waals surface area contributed by atoms with Crippen LogP contribution in [0.5, 0.6) is 0 Å². The van der Waals surface area contributed by atoms with Gasteiger partial charge in [0.1, 0.15) is 0 Å². The first-order valence-electron chi connectivity index (χ1n) is 7.05. The Hall–Kier alpha value is -3.00. The molecule has 2 aromatic heterocycles. The highest BCUT2D eigenvalue weighted by Crippen LogP contribution is 2.23. The molecule has 0 fully saturated rings. The van der Waals surface area contributed by atoms with Crippen LogP contribution in [0.4, 0.5) is 5.69 Å². The fourth-order valence-electron chi connectivity index (χ4n) is 2.25. The minimum absolute atomic E-state index is 0.157. The van der Waals surface area contributed by atoms with Crippen molar-refractivity contribution in [3.63, 3.8) is 0 Å².